The molecular formula is C20H22ClN3O5. The molecule has 0 saturated carbocycles. The van der Waals surface area contributed by atoms with Crippen LogP contribution in [0.5, 0.6) is 0 Å². The molecule has 0 aliphatic rings. The molecular weight excluding hydrogens is 398 g/mol. The number of carbonyl (C=O) groups is 2. The first-order chi connectivity index (χ1) is 13.9. The minimum atomic E-state index is -0.549. The molecule has 2 N–H and O–H groups in total. The summed E-state index contributed by atoms with van der Waals surface area (Å²) in [6.45, 7) is 2.60. The third kappa shape index (κ3) is 6.76. The Morgan fingerprint density at radius 1 is 1.21 bits per heavy atom. The van der Waals surface area contributed by atoms with Gasteiger partial charge in [-0.3, -0.25) is 19.7 Å². The van der Waals surface area contributed by atoms with Gasteiger partial charge in [0.2, 0.25) is 0 Å². The van der Waals surface area contributed by atoms with Crippen LogP contribution in [0.15, 0.2) is 42.5 Å². The maximum absolute atomic E-state index is 12.2. The normalized spacial score (nSPS) is 10.3. The van der Waals surface area contributed by atoms with Gasteiger partial charge in [0.05, 0.1) is 11.5 Å². The molecule has 2 aromatic carbocycles. The summed E-state index contributed by atoms with van der Waals surface area (Å²) in [7, 11) is 0. The molecule has 0 spiro atoms. The third-order valence-electron chi connectivity index (χ3n) is 4.03. The van der Waals surface area contributed by atoms with Crippen molar-refractivity contribution in [3.63, 3.8) is 0 Å². The summed E-state index contributed by atoms with van der Waals surface area (Å²) in [6.07, 6.45) is 0.614. The second-order valence-electron chi connectivity index (χ2n) is 6.10. The minimum absolute atomic E-state index is 0.163. The molecule has 8 nitrogen and oxygen atoms in total. The molecule has 0 aromatic heterocycles. The van der Waals surface area contributed by atoms with Crippen molar-refractivity contribution in [2.24, 2.45) is 0 Å². The van der Waals surface area contributed by atoms with E-state index >= 15 is 0 Å². The number of anilines is 1. The monoisotopic (exact) mass is 419 g/mol. The lowest BCUT2D eigenvalue weighted by Gasteiger charge is -2.10. The van der Waals surface area contributed by atoms with Crippen molar-refractivity contribution >= 4 is 34.9 Å². The highest BCUT2D eigenvalue weighted by Crippen LogP contribution is 2.27. The fraction of sp³-hybridized carbons (Fsp3) is 0.300. The number of amides is 1. The number of halogens is 1. The summed E-state index contributed by atoms with van der Waals surface area (Å²) in [6, 6.07) is 11.4. The van der Waals surface area contributed by atoms with Gasteiger partial charge >= 0.3 is 5.97 Å². The van der Waals surface area contributed by atoms with Crippen molar-refractivity contribution in [2.75, 3.05) is 18.5 Å². The van der Waals surface area contributed by atoms with E-state index in [0.29, 0.717) is 24.6 Å². The number of nitrogens with zero attached hydrogens (tertiary/aromatic N) is 1. The Bertz CT molecular complexity index is 888. The van der Waals surface area contributed by atoms with E-state index in [2.05, 4.69) is 10.6 Å². The van der Waals surface area contributed by atoms with E-state index in [-0.39, 0.29) is 35.9 Å². The molecule has 9 heteroatoms. The predicted molar refractivity (Wildman–Crippen MR) is 110 cm³/mol. The van der Waals surface area contributed by atoms with Gasteiger partial charge in [0.1, 0.15) is 5.69 Å². The summed E-state index contributed by atoms with van der Waals surface area (Å²) in [5, 5.41) is 17.6. The summed E-state index contributed by atoms with van der Waals surface area (Å²) < 4.78 is 4.81. The minimum Gasteiger partial charge on any atom is -0.466 e. The highest BCUT2D eigenvalue weighted by Gasteiger charge is 2.18. The van der Waals surface area contributed by atoms with Crippen LogP contribution in [0.4, 0.5) is 11.4 Å². The molecule has 0 atom stereocenters. The van der Waals surface area contributed by atoms with Gasteiger partial charge in [-0.25, -0.2) is 0 Å². The Morgan fingerprint density at radius 2 is 1.97 bits per heavy atom. The Labute approximate surface area is 173 Å². The van der Waals surface area contributed by atoms with Crippen LogP contribution in [0.2, 0.25) is 5.02 Å². The highest BCUT2D eigenvalue weighted by molar-refractivity contribution is 6.31. The van der Waals surface area contributed by atoms with E-state index in [1.54, 1.807) is 19.1 Å². The lowest BCUT2D eigenvalue weighted by atomic mass is 10.1. The number of carbonyl (C=O) groups excluding carboxylic acids is 2. The van der Waals surface area contributed by atoms with Gasteiger partial charge in [0.15, 0.2) is 0 Å². The van der Waals surface area contributed by atoms with E-state index in [0.717, 1.165) is 5.56 Å². The van der Waals surface area contributed by atoms with Crippen molar-refractivity contribution in [3.05, 3.63) is 68.7 Å². The Morgan fingerprint density at radius 3 is 2.66 bits per heavy atom. The zero-order valence-corrected chi connectivity index (χ0v) is 16.7. The van der Waals surface area contributed by atoms with Crippen LogP contribution in [0.25, 0.3) is 0 Å². The highest BCUT2D eigenvalue weighted by atomic mass is 35.5. The van der Waals surface area contributed by atoms with E-state index in [1.807, 2.05) is 12.1 Å². The summed E-state index contributed by atoms with van der Waals surface area (Å²) in [4.78, 5) is 34.4. The third-order valence-corrected chi connectivity index (χ3v) is 4.40. The smallest absolute Gasteiger partial charge is 0.305 e. The number of ether oxygens (including phenoxy) is 1. The van der Waals surface area contributed by atoms with E-state index in [1.165, 1.54) is 18.2 Å². The Hall–Kier alpha value is -3.13. The molecule has 0 fully saturated rings. The number of nitrogens with one attached hydrogen (secondary N) is 2. The zero-order valence-electron chi connectivity index (χ0n) is 15.9. The van der Waals surface area contributed by atoms with Crippen LogP contribution >= 0.6 is 11.6 Å². The largest absolute Gasteiger partial charge is 0.466 e. The number of hydrogen-bond acceptors (Lipinski definition) is 6. The molecule has 0 aliphatic carbocycles. The summed E-state index contributed by atoms with van der Waals surface area (Å²) in [5.41, 5.74) is 1.04. The molecule has 1 amide bonds. The average molecular weight is 420 g/mol. The van der Waals surface area contributed by atoms with Crippen molar-refractivity contribution in [2.45, 2.75) is 26.3 Å². The van der Waals surface area contributed by atoms with E-state index in [4.69, 9.17) is 16.3 Å². The molecule has 2 aromatic rings. The molecule has 0 saturated heterocycles. The van der Waals surface area contributed by atoms with Crippen LogP contribution in [0, 0.1) is 10.1 Å². The van der Waals surface area contributed by atoms with Crippen molar-refractivity contribution < 1.29 is 19.2 Å². The van der Waals surface area contributed by atoms with Gasteiger partial charge in [-0.15, -0.1) is 0 Å². The molecule has 0 heterocycles. The maximum atomic E-state index is 12.2. The predicted octanol–water partition coefficient (Wildman–Crippen LogP) is 3.93. The number of nitro benzene ring substituents is 1. The fourth-order valence-electron chi connectivity index (χ4n) is 2.58. The van der Waals surface area contributed by atoms with Gasteiger partial charge in [0.25, 0.3) is 11.6 Å². The van der Waals surface area contributed by atoms with Crippen LogP contribution < -0.4 is 10.6 Å². The van der Waals surface area contributed by atoms with Crippen molar-refractivity contribution in [1.29, 1.82) is 0 Å². The molecule has 2 rings (SSSR count). The first kappa shape index (κ1) is 22.2. The van der Waals surface area contributed by atoms with Gasteiger partial charge in [-0.1, -0.05) is 29.8 Å². The molecule has 29 heavy (non-hydrogen) atoms. The van der Waals surface area contributed by atoms with Crippen LogP contribution in [-0.2, 0) is 16.1 Å². The fourth-order valence-corrected chi connectivity index (χ4v) is 2.78. The second kappa shape index (κ2) is 11.0. The molecule has 0 radical (unpaired) electrons. The summed E-state index contributed by atoms with van der Waals surface area (Å²) in [5.74, 6) is -0.777. The number of benzene rings is 2. The Kier molecular flexibility index (Phi) is 8.42. The maximum Gasteiger partial charge on any atom is 0.305 e. The molecule has 0 bridgehead atoms. The number of rotatable bonds is 10. The van der Waals surface area contributed by atoms with Crippen LogP contribution in [0.3, 0.4) is 0 Å². The number of nitro groups is 1. The first-order valence-electron chi connectivity index (χ1n) is 9.12. The van der Waals surface area contributed by atoms with Gasteiger partial charge in [-0.05, 0) is 37.1 Å². The van der Waals surface area contributed by atoms with Gasteiger partial charge in [-0.2, -0.15) is 0 Å². The van der Waals surface area contributed by atoms with E-state index in [9.17, 15) is 19.7 Å². The average Bonchev–Trinajstić information content (AvgIpc) is 2.70. The molecule has 0 aliphatic heterocycles. The van der Waals surface area contributed by atoms with Crippen molar-refractivity contribution in [3.8, 4) is 0 Å². The molecule has 0 unspecified atom stereocenters. The Balaban J connectivity index is 1.99. The van der Waals surface area contributed by atoms with Crippen molar-refractivity contribution in [1.82, 2.24) is 5.32 Å². The number of hydrogen-bond donors (Lipinski definition) is 2. The second-order valence-corrected chi connectivity index (χ2v) is 6.51. The van der Waals surface area contributed by atoms with Gasteiger partial charge in [0, 0.05) is 36.2 Å². The lowest BCUT2D eigenvalue weighted by molar-refractivity contribution is -0.384. The quantitative estimate of drug-likeness (QED) is 0.261. The topological polar surface area (TPSA) is 111 Å². The van der Waals surface area contributed by atoms with Crippen LogP contribution in [-0.4, -0.2) is 30.0 Å². The first-order valence-corrected chi connectivity index (χ1v) is 9.49. The molecule has 154 valence electrons. The van der Waals surface area contributed by atoms with Gasteiger partial charge < -0.3 is 15.4 Å². The summed E-state index contributed by atoms with van der Waals surface area (Å²) >= 11 is 6.10. The lowest BCUT2D eigenvalue weighted by Crippen LogP contribution is -2.25. The van der Waals surface area contributed by atoms with E-state index < -0.39 is 10.8 Å². The SMILES string of the molecule is CCOC(=O)CCCNC(=O)c1ccc(NCc2ccccc2Cl)c([N+](=O)[O-])c1. The zero-order chi connectivity index (χ0) is 21.2. The standard InChI is InChI=1S/C20H22ClN3O5/c1-2-29-19(25)8-5-11-22-20(26)14-9-10-17(18(12-14)24(27)28)23-13-15-6-3-4-7-16(15)21/h3-4,6-7,9-10,12,23H,2,5,8,11,13H2,1H3,(H,22,26). The number of esters is 1. The van der Waals surface area contributed by atoms with Crippen LogP contribution in [0.1, 0.15) is 35.7 Å².